The third kappa shape index (κ3) is 2.58. The van der Waals surface area contributed by atoms with Gasteiger partial charge in [-0.1, -0.05) is 44.2 Å². The highest BCUT2D eigenvalue weighted by atomic mass is 32.2. The number of amides is 1. The Morgan fingerprint density at radius 3 is 2.69 bits per heavy atom. The van der Waals surface area contributed by atoms with Crippen LogP contribution in [0.4, 0.5) is 0 Å². The third-order valence-electron chi connectivity index (χ3n) is 4.72. The number of carbonyl (C=O) groups excluding carboxylic acids is 1. The molecule has 26 heavy (non-hydrogen) atoms. The Balaban J connectivity index is 1.90. The summed E-state index contributed by atoms with van der Waals surface area (Å²) in [5, 5.41) is 17.7. The normalized spacial score (nSPS) is 24.6. The molecule has 3 heterocycles. The van der Waals surface area contributed by atoms with E-state index in [9.17, 15) is 14.7 Å². The van der Waals surface area contributed by atoms with Crippen molar-refractivity contribution in [2.45, 2.75) is 31.7 Å². The summed E-state index contributed by atoms with van der Waals surface area (Å²) in [6.45, 7) is 4.20. The van der Waals surface area contributed by atoms with Gasteiger partial charge in [-0.25, -0.2) is 4.79 Å². The fourth-order valence-corrected chi connectivity index (χ4v) is 5.12. The Labute approximate surface area is 155 Å². The number of hydrogen-bond donors (Lipinski definition) is 1. The van der Waals surface area contributed by atoms with Crippen molar-refractivity contribution in [1.82, 2.24) is 4.90 Å². The van der Waals surface area contributed by atoms with Crippen molar-refractivity contribution in [3.05, 3.63) is 41.5 Å². The number of aliphatic carboxylic acids is 1. The number of nitrogens with zero attached hydrogens (tertiary/aromatic N) is 3. The van der Waals surface area contributed by atoms with Crippen LogP contribution in [-0.2, 0) is 9.59 Å². The molecule has 1 unspecified atom stereocenters. The second-order valence-electron chi connectivity index (χ2n) is 7.00. The molecular weight excluding hydrogens is 350 g/mol. The van der Waals surface area contributed by atoms with Gasteiger partial charge in [-0.2, -0.15) is 5.10 Å². The first-order valence-corrected chi connectivity index (χ1v) is 9.65. The Hall–Kier alpha value is -2.41. The van der Waals surface area contributed by atoms with E-state index >= 15 is 0 Å². The van der Waals surface area contributed by atoms with E-state index < -0.39 is 12.0 Å². The van der Waals surface area contributed by atoms with Gasteiger partial charge in [-0.3, -0.25) is 4.79 Å². The molecule has 1 saturated heterocycles. The summed E-state index contributed by atoms with van der Waals surface area (Å²) in [6, 6.07) is 8.98. The number of carboxylic acids is 1. The monoisotopic (exact) mass is 369 g/mol. The molecule has 4 rings (SSSR count). The fourth-order valence-electron chi connectivity index (χ4n) is 3.63. The van der Waals surface area contributed by atoms with E-state index in [-0.39, 0.29) is 17.0 Å². The van der Waals surface area contributed by atoms with Crippen molar-refractivity contribution in [1.29, 1.82) is 0 Å². The summed E-state index contributed by atoms with van der Waals surface area (Å²) in [4.78, 5) is 26.1. The number of carbonyl (C=O) groups is 2. The Kier molecular flexibility index (Phi) is 4.19. The zero-order chi connectivity index (χ0) is 18.4. The maximum Gasteiger partial charge on any atom is 0.327 e. The summed E-state index contributed by atoms with van der Waals surface area (Å²) in [5.74, 6) is -0.557. The van der Waals surface area contributed by atoms with Crippen molar-refractivity contribution >= 4 is 40.6 Å². The lowest BCUT2D eigenvalue weighted by atomic mass is 9.86. The van der Waals surface area contributed by atoms with Crippen LogP contribution < -0.4 is 0 Å². The van der Waals surface area contributed by atoms with Crippen LogP contribution in [0.1, 0.15) is 25.8 Å². The van der Waals surface area contributed by atoms with Gasteiger partial charge < -0.3 is 10.0 Å². The third-order valence-corrected chi connectivity index (χ3v) is 6.01. The molecule has 3 aliphatic heterocycles. The van der Waals surface area contributed by atoms with Gasteiger partial charge in [0.1, 0.15) is 11.4 Å². The molecule has 1 aromatic rings. The quantitative estimate of drug-likeness (QED) is 0.885. The SMILES string of the molecule is CC(C)CC1=NN=C2C(=O)N3C(SC[C@H]3C(=O)O)C(c3ccccc3)=C12. The predicted molar refractivity (Wildman–Crippen MR) is 102 cm³/mol. The van der Waals surface area contributed by atoms with E-state index in [4.69, 9.17) is 0 Å². The zero-order valence-corrected chi connectivity index (χ0v) is 15.4. The summed E-state index contributed by atoms with van der Waals surface area (Å²) < 4.78 is 0. The molecule has 0 bridgehead atoms. The summed E-state index contributed by atoms with van der Waals surface area (Å²) >= 11 is 1.50. The fraction of sp³-hybridized carbons (Fsp3) is 0.368. The maximum atomic E-state index is 13.0. The van der Waals surface area contributed by atoms with Gasteiger partial charge in [0.15, 0.2) is 5.71 Å². The standard InChI is InChI=1S/C19H19N3O3S/c1-10(2)8-12-15-14(11-6-4-3-5-7-11)18-22(13(9-26-18)19(24)25)17(23)16(15)21-20-12/h3-7,10,13,18H,8-9H2,1-2H3,(H,24,25)/t13-,18?/m0/s1. The number of fused-ring (bicyclic) bond motifs is 2. The zero-order valence-electron chi connectivity index (χ0n) is 14.5. The van der Waals surface area contributed by atoms with Crippen molar-refractivity contribution in [3.8, 4) is 0 Å². The Bertz CT molecular complexity index is 873. The number of rotatable bonds is 4. The summed E-state index contributed by atoms with van der Waals surface area (Å²) in [5.41, 5.74) is 3.84. The molecule has 0 radical (unpaired) electrons. The Morgan fingerprint density at radius 2 is 2.04 bits per heavy atom. The summed E-state index contributed by atoms with van der Waals surface area (Å²) in [6.07, 6.45) is 0.728. The topological polar surface area (TPSA) is 82.3 Å². The van der Waals surface area contributed by atoms with Gasteiger partial charge >= 0.3 is 5.97 Å². The molecule has 6 nitrogen and oxygen atoms in total. The van der Waals surface area contributed by atoms with Crippen LogP contribution >= 0.6 is 11.8 Å². The summed E-state index contributed by atoms with van der Waals surface area (Å²) in [7, 11) is 0. The molecule has 0 aromatic heterocycles. The molecule has 7 heteroatoms. The maximum absolute atomic E-state index is 13.0. The minimum absolute atomic E-state index is 0.282. The minimum Gasteiger partial charge on any atom is -0.480 e. The van der Waals surface area contributed by atoms with Gasteiger partial charge in [0.2, 0.25) is 0 Å². The van der Waals surface area contributed by atoms with Gasteiger partial charge in [-0.15, -0.1) is 16.9 Å². The molecule has 1 amide bonds. The highest BCUT2D eigenvalue weighted by molar-refractivity contribution is 8.00. The van der Waals surface area contributed by atoms with Gasteiger partial charge in [0.05, 0.1) is 5.71 Å². The largest absolute Gasteiger partial charge is 0.480 e. The van der Waals surface area contributed by atoms with Crippen molar-refractivity contribution in [2.75, 3.05) is 5.75 Å². The average Bonchev–Trinajstić information content (AvgIpc) is 3.21. The van der Waals surface area contributed by atoms with Crippen molar-refractivity contribution in [2.24, 2.45) is 16.1 Å². The van der Waals surface area contributed by atoms with E-state index in [0.29, 0.717) is 11.7 Å². The van der Waals surface area contributed by atoms with E-state index in [0.717, 1.165) is 28.8 Å². The van der Waals surface area contributed by atoms with Gasteiger partial charge in [0.25, 0.3) is 5.91 Å². The van der Waals surface area contributed by atoms with Crippen LogP contribution in [0, 0.1) is 5.92 Å². The smallest absolute Gasteiger partial charge is 0.327 e. The Morgan fingerprint density at radius 1 is 1.31 bits per heavy atom. The molecule has 0 spiro atoms. The van der Waals surface area contributed by atoms with Crippen molar-refractivity contribution in [3.63, 3.8) is 0 Å². The molecule has 0 aliphatic carbocycles. The second kappa shape index (κ2) is 6.39. The molecule has 134 valence electrons. The van der Waals surface area contributed by atoms with Gasteiger partial charge in [-0.05, 0) is 17.9 Å². The van der Waals surface area contributed by atoms with Crippen LogP contribution in [0.3, 0.4) is 0 Å². The first-order chi connectivity index (χ1) is 12.5. The van der Waals surface area contributed by atoms with E-state index in [2.05, 4.69) is 24.1 Å². The number of benzene rings is 1. The van der Waals surface area contributed by atoms with Crippen molar-refractivity contribution < 1.29 is 14.7 Å². The first kappa shape index (κ1) is 17.0. The number of carboxylic acid groups (broad SMARTS) is 1. The van der Waals surface area contributed by atoms with Crippen LogP contribution in [0.2, 0.25) is 0 Å². The highest BCUT2D eigenvalue weighted by Crippen LogP contribution is 2.45. The molecule has 3 aliphatic rings. The number of thioether (sulfide) groups is 1. The molecule has 0 saturated carbocycles. The lowest BCUT2D eigenvalue weighted by Crippen LogP contribution is -2.52. The molecule has 1 aromatic carbocycles. The van der Waals surface area contributed by atoms with Gasteiger partial charge in [0, 0.05) is 16.9 Å². The molecule has 1 fully saturated rings. The van der Waals surface area contributed by atoms with Crippen LogP contribution in [0.15, 0.2) is 46.1 Å². The highest BCUT2D eigenvalue weighted by Gasteiger charge is 2.51. The number of hydrogen-bond acceptors (Lipinski definition) is 5. The second-order valence-corrected chi connectivity index (χ2v) is 8.11. The molecule has 2 atom stereocenters. The van der Waals surface area contributed by atoms with E-state index in [1.54, 1.807) is 0 Å². The lowest BCUT2D eigenvalue weighted by Gasteiger charge is -2.34. The predicted octanol–water partition coefficient (Wildman–Crippen LogP) is 2.67. The van der Waals surface area contributed by atoms with E-state index in [1.165, 1.54) is 16.7 Å². The van der Waals surface area contributed by atoms with E-state index in [1.807, 2.05) is 30.3 Å². The van der Waals surface area contributed by atoms with Crippen LogP contribution in [0.5, 0.6) is 0 Å². The average molecular weight is 369 g/mol. The first-order valence-electron chi connectivity index (χ1n) is 8.61. The molecule has 1 N–H and O–H groups in total. The minimum atomic E-state index is -0.980. The molecular formula is C19H19N3O3S. The van der Waals surface area contributed by atoms with Crippen LogP contribution in [-0.4, -0.2) is 50.5 Å². The van der Waals surface area contributed by atoms with Crippen LogP contribution in [0.25, 0.3) is 5.57 Å². The lowest BCUT2D eigenvalue weighted by molar-refractivity contribution is -0.146.